The standard InChI is InChI=1S/C14H24N2O/c1-12-6-4-7-13(2)14(12)16-10-9-15-8-5-11-17-3/h4,6-7,15-16H,5,8-11H2,1-3H3. The van der Waals surface area contributed by atoms with Crippen molar-refractivity contribution in [3.63, 3.8) is 0 Å². The van der Waals surface area contributed by atoms with Crippen LogP contribution in [0.2, 0.25) is 0 Å². The van der Waals surface area contributed by atoms with Crippen LogP contribution >= 0.6 is 0 Å². The highest BCUT2D eigenvalue weighted by Gasteiger charge is 1.99. The quantitative estimate of drug-likeness (QED) is 0.680. The van der Waals surface area contributed by atoms with E-state index in [1.807, 2.05) is 0 Å². The SMILES string of the molecule is COCCCNCCNc1c(C)cccc1C. The normalized spacial score (nSPS) is 10.5. The average molecular weight is 236 g/mol. The summed E-state index contributed by atoms with van der Waals surface area (Å²) in [5.74, 6) is 0. The first-order chi connectivity index (χ1) is 8.25. The monoisotopic (exact) mass is 236 g/mol. The second kappa shape index (κ2) is 8.09. The lowest BCUT2D eigenvalue weighted by Gasteiger charge is -2.12. The van der Waals surface area contributed by atoms with Gasteiger partial charge in [-0.05, 0) is 37.9 Å². The van der Waals surface area contributed by atoms with Gasteiger partial charge in [0, 0.05) is 32.5 Å². The van der Waals surface area contributed by atoms with E-state index in [4.69, 9.17) is 4.74 Å². The fraction of sp³-hybridized carbons (Fsp3) is 0.571. The molecule has 0 amide bonds. The van der Waals surface area contributed by atoms with Gasteiger partial charge in [0.15, 0.2) is 0 Å². The molecule has 0 heterocycles. The van der Waals surface area contributed by atoms with Crippen molar-refractivity contribution in [2.24, 2.45) is 0 Å². The zero-order chi connectivity index (χ0) is 12.5. The molecule has 0 saturated heterocycles. The lowest BCUT2D eigenvalue weighted by molar-refractivity contribution is 0.194. The van der Waals surface area contributed by atoms with Crippen LogP contribution in [0.25, 0.3) is 0 Å². The summed E-state index contributed by atoms with van der Waals surface area (Å²) in [6.45, 7) is 8.07. The van der Waals surface area contributed by atoms with E-state index < -0.39 is 0 Å². The van der Waals surface area contributed by atoms with Crippen LogP contribution in [-0.4, -0.2) is 33.4 Å². The molecular formula is C14H24N2O. The lowest BCUT2D eigenvalue weighted by Crippen LogP contribution is -2.24. The van der Waals surface area contributed by atoms with Gasteiger partial charge >= 0.3 is 0 Å². The molecule has 0 fully saturated rings. The number of aryl methyl sites for hydroxylation is 2. The predicted octanol–water partition coefficient (Wildman–Crippen LogP) is 2.34. The van der Waals surface area contributed by atoms with E-state index in [0.29, 0.717) is 0 Å². The second-order valence-corrected chi connectivity index (χ2v) is 4.29. The Morgan fingerprint density at radius 2 is 1.76 bits per heavy atom. The summed E-state index contributed by atoms with van der Waals surface area (Å²) in [5, 5.41) is 6.87. The van der Waals surface area contributed by atoms with Gasteiger partial charge in [-0.1, -0.05) is 18.2 Å². The number of benzene rings is 1. The molecule has 0 bridgehead atoms. The Morgan fingerprint density at radius 3 is 2.41 bits per heavy atom. The molecule has 17 heavy (non-hydrogen) atoms. The van der Waals surface area contributed by atoms with E-state index >= 15 is 0 Å². The first-order valence-electron chi connectivity index (χ1n) is 6.25. The molecule has 1 rings (SSSR count). The fourth-order valence-corrected chi connectivity index (χ4v) is 1.84. The van der Waals surface area contributed by atoms with Crippen LogP contribution < -0.4 is 10.6 Å². The highest BCUT2D eigenvalue weighted by Crippen LogP contribution is 2.18. The maximum Gasteiger partial charge on any atom is 0.0474 e. The summed E-state index contributed by atoms with van der Waals surface area (Å²) in [6.07, 6.45) is 1.07. The molecule has 0 aliphatic carbocycles. The number of ether oxygens (including phenoxy) is 1. The van der Waals surface area contributed by atoms with Gasteiger partial charge in [0.1, 0.15) is 0 Å². The summed E-state index contributed by atoms with van der Waals surface area (Å²) in [6, 6.07) is 6.38. The van der Waals surface area contributed by atoms with Crippen molar-refractivity contribution in [3.05, 3.63) is 29.3 Å². The third-order valence-corrected chi connectivity index (χ3v) is 2.79. The summed E-state index contributed by atoms with van der Waals surface area (Å²) in [7, 11) is 1.74. The van der Waals surface area contributed by atoms with Crippen LogP contribution in [0.4, 0.5) is 5.69 Å². The zero-order valence-corrected chi connectivity index (χ0v) is 11.2. The minimum Gasteiger partial charge on any atom is -0.385 e. The van der Waals surface area contributed by atoms with Crippen molar-refractivity contribution < 1.29 is 4.74 Å². The molecule has 0 radical (unpaired) electrons. The van der Waals surface area contributed by atoms with Gasteiger partial charge in [-0.2, -0.15) is 0 Å². The summed E-state index contributed by atoms with van der Waals surface area (Å²) >= 11 is 0. The van der Waals surface area contributed by atoms with Gasteiger partial charge in [-0.25, -0.2) is 0 Å². The van der Waals surface area contributed by atoms with Crippen molar-refractivity contribution in [1.29, 1.82) is 0 Å². The molecule has 0 aromatic heterocycles. The van der Waals surface area contributed by atoms with Crippen molar-refractivity contribution in [3.8, 4) is 0 Å². The highest BCUT2D eigenvalue weighted by molar-refractivity contribution is 5.56. The molecule has 3 nitrogen and oxygen atoms in total. The van der Waals surface area contributed by atoms with Gasteiger partial charge in [-0.15, -0.1) is 0 Å². The Morgan fingerprint density at radius 1 is 1.06 bits per heavy atom. The minimum atomic E-state index is 0.831. The predicted molar refractivity (Wildman–Crippen MR) is 73.8 cm³/mol. The van der Waals surface area contributed by atoms with Crippen molar-refractivity contribution in [2.75, 3.05) is 38.7 Å². The molecule has 3 heteroatoms. The first-order valence-corrected chi connectivity index (χ1v) is 6.25. The molecule has 1 aromatic rings. The minimum absolute atomic E-state index is 0.831. The molecule has 0 aliphatic heterocycles. The van der Waals surface area contributed by atoms with E-state index in [9.17, 15) is 0 Å². The second-order valence-electron chi connectivity index (χ2n) is 4.29. The Hall–Kier alpha value is -1.06. The van der Waals surface area contributed by atoms with E-state index in [1.165, 1.54) is 16.8 Å². The summed E-state index contributed by atoms with van der Waals surface area (Å²) < 4.78 is 4.99. The Labute approximate surface area is 105 Å². The van der Waals surface area contributed by atoms with Gasteiger partial charge in [-0.3, -0.25) is 0 Å². The largest absolute Gasteiger partial charge is 0.385 e. The molecule has 1 aromatic carbocycles. The Kier molecular flexibility index (Phi) is 6.67. The zero-order valence-electron chi connectivity index (χ0n) is 11.2. The molecule has 0 atom stereocenters. The highest BCUT2D eigenvalue weighted by atomic mass is 16.5. The number of para-hydroxylation sites is 1. The maximum atomic E-state index is 4.99. The van der Waals surface area contributed by atoms with Crippen molar-refractivity contribution in [2.45, 2.75) is 20.3 Å². The molecule has 0 aliphatic rings. The third-order valence-electron chi connectivity index (χ3n) is 2.79. The van der Waals surface area contributed by atoms with E-state index in [1.54, 1.807) is 7.11 Å². The van der Waals surface area contributed by atoms with Crippen LogP contribution in [0.1, 0.15) is 17.5 Å². The number of methoxy groups -OCH3 is 1. The van der Waals surface area contributed by atoms with Crippen molar-refractivity contribution >= 4 is 5.69 Å². The number of hydrogen-bond donors (Lipinski definition) is 2. The van der Waals surface area contributed by atoms with Gasteiger partial charge in [0.25, 0.3) is 0 Å². The lowest BCUT2D eigenvalue weighted by atomic mass is 10.1. The smallest absolute Gasteiger partial charge is 0.0474 e. The van der Waals surface area contributed by atoms with E-state index in [-0.39, 0.29) is 0 Å². The molecular weight excluding hydrogens is 212 g/mol. The van der Waals surface area contributed by atoms with Crippen molar-refractivity contribution in [1.82, 2.24) is 5.32 Å². The van der Waals surface area contributed by atoms with Gasteiger partial charge in [0.05, 0.1) is 0 Å². The Bertz CT molecular complexity index is 306. The van der Waals surface area contributed by atoms with Crippen LogP contribution in [-0.2, 0) is 4.74 Å². The fourth-order valence-electron chi connectivity index (χ4n) is 1.84. The average Bonchev–Trinajstić information content (AvgIpc) is 2.31. The van der Waals surface area contributed by atoms with Crippen LogP contribution in [0, 0.1) is 13.8 Å². The first kappa shape index (κ1) is 14.0. The number of hydrogen-bond acceptors (Lipinski definition) is 3. The topological polar surface area (TPSA) is 33.3 Å². The molecule has 96 valence electrons. The number of anilines is 1. The summed E-state index contributed by atoms with van der Waals surface area (Å²) in [5.41, 5.74) is 3.89. The third kappa shape index (κ3) is 5.20. The van der Waals surface area contributed by atoms with Gasteiger partial charge in [0.2, 0.25) is 0 Å². The van der Waals surface area contributed by atoms with Crippen LogP contribution in [0.15, 0.2) is 18.2 Å². The molecule has 2 N–H and O–H groups in total. The van der Waals surface area contributed by atoms with Crippen LogP contribution in [0.3, 0.4) is 0 Å². The van der Waals surface area contributed by atoms with Crippen LogP contribution in [0.5, 0.6) is 0 Å². The van der Waals surface area contributed by atoms with E-state index in [0.717, 1.165) is 32.7 Å². The summed E-state index contributed by atoms with van der Waals surface area (Å²) in [4.78, 5) is 0. The molecule has 0 spiro atoms. The van der Waals surface area contributed by atoms with Gasteiger partial charge < -0.3 is 15.4 Å². The number of nitrogens with one attached hydrogen (secondary N) is 2. The maximum absolute atomic E-state index is 4.99. The molecule has 0 saturated carbocycles. The molecule has 0 unspecified atom stereocenters. The number of rotatable bonds is 8. The Balaban J connectivity index is 2.18. The van der Waals surface area contributed by atoms with E-state index in [2.05, 4.69) is 42.7 Å².